The molecular formula is C21H17N5O4. The molecule has 1 aliphatic heterocycles. The second-order valence-electron chi connectivity index (χ2n) is 6.83. The third kappa shape index (κ3) is 3.58. The molecule has 2 amide bonds. The molecule has 30 heavy (non-hydrogen) atoms. The van der Waals surface area contributed by atoms with Crippen LogP contribution in [0.2, 0.25) is 0 Å². The van der Waals surface area contributed by atoms with Gasteiger partial charge in [-0.25, -0.2) is 9.78 Å². The number of amides is 2. The molecule has 0 saturated carbocycles. The number of pyridine rings is 1. The van der Waals surface area contributed by atoms with Crippen LogP contribution in [0.25, 0.3) is 5.65 Å². The number of nitriles is 1. The Morgan fingerprint density at radius 2 is 2.03 bits per heavy atom. The van der Waals surface area contributed by atoms with Crippen LogP contribution in [0.5, 0.6) is 0 Å². The maximum atomic E-state index is 12.9. The molecule has 1 aliphatic rings. The molecule has 1 saturated heterocycles. The maximum absolute atomic E-state index is 12.9. The monoisotopic (exact) mass is 403 g/mol. The predicted molar refractivity (Wildman–Crippen MR) is 106 cm³/mol. The fraction of sp³-hybridized carbons (Fsp3) is 0.190. The van der Waals surface area contributed by atoms with E-state index in [2.05, 4.69) is 10.3 Å². The predicted octanol–water partition coefficient (Wildman–Crippen LogP) is 1.90. The zero-order valence-electron chi connectivity index (χ0n) is 16.0. The number of nitrogens with zero attached hydrogens (tertiary/aromatic N) is 4. The number of cyclic esters (lactones) is 1. The van der Waals surface area contributed by atoms with E-state index in [-0.39, 0.29) is 18.2 Å². The van der Waals surface area contributed by atoms with Gasteiger partial charge in [0, 0.05) is 24.4 Å². The van der Waals surface area contributed by atoms with Gasteiger partial charge in [-0.1, -0.05) is 0 Å². The van der Waals surface area contributed by atoms with Gasteiger partial charge in [0.1, 0.15) is 23.5 Å². The van der Waals surface area contributed by atoms with Gasteiger partial charge >= 0.3 is 6.09 Å². The summed E-state index contributed by atoms with van der Waals surface area (Å²) in [4.78, 5) is 41.7. The highest BCUT2D eigenvalue weighted by molar-refractivity contribution is 6.08. The van der Waals surface area contributed by atoms with Gasteiger partial charge in [-0.15, -0.1) is 0 Å². The molecule has 0 bridgehead atoms. The van der Waals surface area contributed by atoms with Gasteiger partial charge in [0.15, 0.2) is 0 Å². The van der Waals surface area contributed by atoms with E-state index in [0.717, 1.165) is 0 Å². The molecule has 3 aromatic rings. The summed E-state index contributed by atoms with van der Waals surface area (Å²) >= 11 is 0. The van der Waals surface area contributed by atoms with Crippen molar-refractivity contribution in [3.8, 4) is 6.07 Å². The topological polar surface area (TPSA) is 117 Å². The molecule has 9 nitrogen and oxygen atoms in total. The summed E-state index contributed by atoms with van der Waals surface area (Å²) in [6, 6.07) is 11.9. The molecule has 150 valence electrons. The molecule has 1 aromatic carbocycles. The standard InChI is InChI=1S/C21H17N5O4/c1-13(27)23-9-17-12-25(21(29)30-17)16-5-3-15(4-6-16)20(28)18-10-24-19-7-2-14(8-22)11-26(18)19/h2-7,10-11,17H,9,12H2,1H3,(H,23,27)/t17-/m0/s1. The number of ether oxygens (including phenoxy) is 1. The Morgan fingerprint density at radius 3 is 2.73 bits per heavy atom. The van der Waals surface area contributed by atoms with E-state index in [1.807, 2.05) is 6.07 Å². The van der Waals surface area contributed by atoms with Gasteiger partial charge in [0.05, 0.1) is 24.8 Å². The van der Waals surface area contributed by atoms with E-state index in [4.69, 9.17) is 10.00 Å². The Labute approximate surface area is 171 Å². The van der Waals surface area contributed by atoms with Crippen LogP contribution in [0.1, 0.15) is 28.5 Å². The number of anilines is 1. The van der Waals surface area contributed by atoms with E-state index < -0.39 is 12.2 Å². The lowest BCUT2D eigenvalue weighted by molar-refractivity contribution is -0.119. The number of imidazole rings is 1. The normalized spacial score (nSPS) is 15.7. The number of rotatable bonds is 5. The van der Waals surface area contributed by atoms with Crippen molar-refractivity contribution in [1.82, 2.24) is 14.7 Å². The van der Waals surface area contributed by atoms with Crippen LogP contribution in [0, 0.1) is 11.3 Å². The molecule has 3 heterocycles. The number of hydrogen-bond acceptors (Lipinski definition) is 6. The number of hydrogen-bond donors (Lipinski definition) is 1. The first-order valence-corrected chi connectivity index (χ1v) is 9.21. The van der Waals surface area contributed by atoms with Crippen LogP contribution in [-0.2, 0) is 9.53 Å². The fourth-order valence-corrected chi connectivity index (χ4v) is 3.25. The Balaban J connectivity index is 1.53. The van der Waals surface area contributed by atoms with Crippen LogP contribution >= 0.6 is 0 Å². The van der Waals surface area contributed by atoms with Crippen molar-refractivity contribution in [2.45, 2.75) is 13.0 Å². The lowest BCUT2D eigenvalue weighted by Gasteiger charge is -2.13. The van der Waals surface area contributed by atoms with Crippen molar-refractivity contribution in [2.75, 3.05) is 18.0 Å². The Kier molecular flexibility index (Phi) is 4.90. The third-order valence-electron chi connectivity index (χ3n) is 4.76. The van der Waals surface area contributed by atoms with Crippen molar-refractivity contribution in [1.29, 1.82) is 5.26 Å². The molecular weight excluding hydrogens is 386 g/mol. The van der Waals surface area contributed by atoms with Gasteiger partial charge < -0.3 is 10.1 Å². The van der Waals surface area contributed by atoms with Crippen LogP contribution < -0.4 is 10.2 Å². The lowest BCUT2D eigenvalue weighted by atomic mass is 10.1. The number of carbonyl (C=O) groups excluding carboxylic acids is 3. The second-order valence-corrected chi connectivity index (χ2v) is 6.83. The quantitative estimate of drug-likeness (QED) is 0.651. The third-order valence-corrected chi connectivity index (χ3v) is 4.76. The molecule has 1 atom stereocenters. The first-order valence-electron chi connectivity index (χ1n) is 9.21. The Hall–Kier alpha value is -4.19. The largest absolute Gasteiger partial charge is 0.442 e. The second kappa shape index (κ2) is 7.67. The minimum Gasteiger partial charge on any atom is -0.442 e. The highest BCUT2D eigenvalue weighted by Crippen LogP contribution is 2.23. The van der Waals surface area contributed by atoms with Crippen LogP contribution in [-0.4, -0.2) is 46.4 Å². The van der Waals surface area contributed by atoms with Crippen molar-refractivity contribution in [2.24, 2.45) is 0 Å². The maximum Gasteiger partial charge on any atom is 0.414 e. The summed E-state index contributed by atoms with van der Waals surface area (Å²) in [6.07, 6.45) is 2.10. The van der Waals surface area contributed by atoms with Crippen LogP contribution in [0.4, 0.5) is 10.5 Å². The zero-order valence-corrected chi connectivity index (χ0v) is 16.0. The molecule has 1 N–H and O–H groups in total. The molecule has 9 heteroatoms. The number of carbonyl (C=O) groups is 3. The van der Waals surface area contributed by atoms with Crippen molar-refractivity contribution >= 4 is 29.1 Å². The van der Waals surface area contributed by atoms with E-state index in [9.17, 15) is 14.4 Å². The van der Waals surface area contributed by atoms with E-state index in [1.54, 1.807) is 47.0 Å². The van der Waals surface area contributed by atoms with Gasteiger partial charge in [-0.2, -0.15) is 5.26 Å². The van der Waals surface area contributed by atoms with E-state index in [1.165, 1.54) is 18.0 Å². The van der Waals surface area contributed by atoms with Crippen LogP contribution in [0.15, 0.2) is 48.8 Å². The molecule has 0 radical (unpaired) electrons. The average Bonchev–Trinajstić information content (AvgIpc) is 3.34. The van der Waals surface area contributed by atoms with Crippen molar-refractivity contribution in [3.63, 3.8) is 0 Å². The van der Waals surface area contributed by atoms with Gasteiger partial charge in [-0.05, 0) is 36.4 Å². The van der Waals surface area contributed by atoms with E-state index >= 15 is 0 Å². The number of aromatic nitrogens is 2. The number of benzene rings is 1. The lowest BCUT2D eigenvalue weighted by Crippen LogP contribution is -2.33. The smallest absolute Gasteiger partial charge is 0.414 e. The summed E-state index contributed by atoms with van der Waals surface area (Å²) < 4.78 is 6.84. The summed E-state index contributed by atoms with van der Waals surface area (Å²) in [5.41, 5.74) is 2.34. The average molecular weight is 403 g/mol. The van der Waals surface area contributed by atoms with Crippen LogP contribution in [0.3, 0.4) is 0 Å². The number of ketones is 1. The van der Waals surface area contributed by atoms with E-state index in [0.29, 0.717) is 34.7 Å². The molecule has 2 aromatic heterocycles. The van der Waals surface area contributed by atoms with Crippen molar-refractivity contribution < 1.29 is 19.1 Å². The molecule has 0 spiro atoms. The number of fused-ring (bicyclic) bond motifs is 1. The zero-order chi connectivity index (χ0) is 21.3. The highest BCUT2D eigenvalue weighted by Gasteiger charge is 2.32. The summed E-state index contributed by atoms with van der Waals surface area (Å²) in [7, 11) is 0. The molecule has 4 rings (SSSR count). The Morgan fingerprint density at radius 1 is 1.27 bits per heavy atom. The first-order chi connectivity index (χ1) is 14.5. The van der Waals surface area contributed by atoms with Gasteiger partial charge in [0.2, 0.25) is 11.7 Å². The number of nitrogens with one attached hydrogen (secondary N) is 1. The Bertz CT molecular complexity index is 1190. The van der Waals surface area contributed by atoms with Crippen molar-refractivity contribution in [3.05, 3.63) is 65.6 Å². The molecule has 0 unspecified atom stereocenters. The molecule has 0 aliphatic carbocycles. The summed E-state index contributed by atoms with van der Waals surface area (Å²) in [5.74, 6) is -0.446. The fourth-order valence-electron chi connectivity index (χ4n) is 3.25. The summed E-state index contributed by atoms with van der Waals surface area (Å²) in [6.45, 7) is 1.94. The minimum atomic E-state index is -0.504. The minimum absolute atomic E-state index is 0.193. The first kappa shape index (κ1) is 19.1. The SMILES string of the molecule is CC(=O)NC[C@H]1CN(c2ccc(C(=O)c3cnc4ccc(C#N)cn34)cc2)C(=O)O1. The summed E-state index contributed by atoms with van der Waals surface area (Å²) in [5, 5.41) is 11.7. The highest BCUT2D eigenvalue weighted by atomic mass is 16.6. The molecule has 1 fully saturated rings. The van der Waals surface area contributed by atoms with Gasteiger partial charge in [0.25, 0.3) is 0 Å². The van der Waals surface area contributed by atoms with Gasteiger partial charge in [-0.3, -0.25) is 18.9 Å².